The van der Waals surface area contributed by atoms with Crippen molar-refractivity contribution in [3.8, 4) is 0 Å². The van der Waals surface area contributed by atoms with Gasteiger partial charge in [-0.05, 0) is 33.6 Å². The van der Waals surface area contributed by atoms with Gasteiger partial charge < -0.3 is 47.9 Å². The molecule has 0 unspecified atom stereocenters. The number of carbonyl (C=O) groups is 2. The minimum atomic E-state index is -0.0560. The van der Waals surface area contributed by atoms with Crippen LogP contribution in [-0.4, -0.2) is 55.8 Å². The summed E-state index contributed by atoms with van der Waals surface area (Å²) in [6, 6.07) is 5.93. The van der Waals surface area contributed by atoms with Crippen molar-refractivity contribution in [2.45, 2.75) is 170 Å². The van der Waals surface area contributed by atoms with Gasteiger partial charge in [-0.15, -0.1) is 0 Å². The number of ether oxygens (including phenoxy) is 2. The molecule has 0 aromatic carbocycles. The van der Waals surface area contributed by atoms with E-state index in [1.54, 1.807) is 0 Å². The number of rotatable bonds is 29. The van der Waals surface area contributed by atoms with Gasteiger partial charge in [0, 0.05) is 25.0 Å². The molecule has 0 aliphatic heterocycles. The second-order valence-electron chi connectivity index (χ2n) is 12.7. The van der Waals surface area contributed by atoms with E-state index in [0.717, 1.165) is 56.5 Å². The molecule has 278 valence electrons. The van der Waals surface area contributed by atoms with Crippen molar-refractivity contribution < 1.29 is 62.1 Å². The molecule has 0 saturated carbocycles. The first-order valence-corrected chi connectivity index (χ1v) is 19.1. The Bertz CT molecular complexity index is 786. The molecule has 0 fully saturated rings. The predicted molar refractivity (Wildman–Crippen MR) is 189 cm³/mol. The molecular formula is C39H74Br2N2O4. The maximum absolute atomic E-state index is 11.8. The molecule has 0 saturated heterocycles. The van der Waals surface area contributed by atoms with Gasteiger partial charge in [-0.3, -0.25) is 9.59 Å². The SMILES string of the molecule is CCCCCCCCCCCC(=O)OCC[N+](CC)(CC)CC.CCCCCCCCCCCC(=O)OCC[n+]1ccccc1.[Br-].[Br-]. The Morgan fingerprint density at radius 3 is 1.26 bits per heavy atom. The molecule has 6 nitrogen and oxygen atoms in total. The number of nitrogens with zero attached hydrogens (tertiary/aromatic N) is 2. The molecule has 1 rings (SSSR count). The van der Waals surface area contributed by atoms with E-state index in [1.165, 1.54) is 96.3 Å². The fourth-order valence-corrected chi connectivity index (χ4v) is 5.65. The first kappa shape index (κ1) is 50.4. The van der Waals surface area contributed by atoms with Crippen LogP contribution in [0.15, 0.2) is 30.6 Å². The van der Waals surface area contributed by atoms with Crippen LogP contribution in [0.3, 0.4) is 0 Å². The standard InChI is InChI=1S/C20H42NO2.C19H32NO2.2BrH/c1-5-9-10-11-12-13-14-15-16-17-20(22)23-19-18-21(6-2,7-3)8-4;1-2-3-4-5-6-7-8-9-11-14-19(21)22-18-17-20-15-12-10-13-16-20;;/h5-19H2,1-4H3;10,12-13,15-16H,2-9,11,14,17-18H2,1H3;2*1H/q2*+1;;/p-2. The third-order valence-electron chi connectivity index (χ3n) is 9.20. The zero-order valence-electron chi connectivity index (χ0n) is 31.3. The average molecular weight is 795 g/mol. The minimum Gasteiger partial charge on any atom is -1.00 e. The van der Waals surface area contributed by atoms with E-state index in [9.17, 15) is 9.59 Å². The lowest BCUT2D eigenvalue weighted by molar-refractivity contribution is -0.923. The Morgan fingerprint density at radius 2 is 0.872 bits per heavy atom. The number of quaternary nitrogens is 1. The third-order valence-corrected chi connectivity index (χ3v) is 9.20. The molecule has 0 bridgehead atoms. The van der Waals surface area contributed by atoms with Crippen LogP contribution in [0, 0.1) is 0 Å². The van der Waals surface area contributed by atoms with Gasteiger partial charge in [0.1, 0.15) is 13.2 Å². The van der Waals surface area contributed by atoms with Crippen molar-refractivity contribution in [1.29, 1.82) is 0 Å². The van der Waals surface area contributed by atoms with Gasteiger partial charge in [0.15, 0.2) is 25.5 Å². The van der Waals surface area contributed by atoms with Crippen LogP contribution in [0.4, 0.5) is 0 Å². The van der Waals surface area contributed by atoms with Crippen LogP contribution in [0.2, 0.25) is 0 Å². The molecule has 0 aliphatic carbocycles. The van der Waals surface area contributed by atoms with E-state index in [1.807, 2.05) is 35.2 Å². The van der Waals surface area contributed by atoms with Gasteiger partial charge in [-0.2, -0.15) is 0 Å². The number of carbonyl (C=O) groups excluding carboxylic acids is 2. The van der Waals surface area contributed by atoms with E-state index < -0.39 is 0 Å². The number of pyridine rings is 1. The Hall–Kier alpha value is -0.990. The Labute approximate surface area is 312 Å². The van der Waals surface area contributed by atoms with E-state index in [0.29, 0.717) is 26.1 Å². The van der Waals surface area contributed by atoms with Crippen molar-refractivity contribution in [3.63, 3.8) is 0 Å². The first-order chi connectivity index (χ1) is 22.0. The van der Waals surface area contributed by atoms with Gasteiger partial charge in [-0.25, -0.2) is 4.57 Å². The van der Waals surface area contributed by atoms with Crippen molar-refractivity contribution >= 4 is 11.9 Å². The molecule has 1 aromatic rings. The summed E-state index contributed by atoms with van der Waals surface area (Å²) < 4.78 is 13.7. The second-order valence-corrected chi connectivity index (χ2v) is 12.7. The van der Waals surface area contributed by atoms with Crippen LogP contribution in [-0.2, 0) is 25.6 Å². The van der Waals surface area contributed by atoms with Gasteiger partial charge >= 0.3 is 11.9 Å². The number of aromatic nitrogens is 1. The Morgan fingerprint density at radius 1 is 0.511 bits per heavy atom. The number of esters is 2. The van der Waals surface area contributed by atoms with Crippen molar-refractivity contribution in [2.75, 3.05) is 39.4 Å². The van der Waals surface area contributed by atoms with Crippen LogP contribution < -0.4 is 38.5 Å². The summed E-state index contributed by atoms with van der Waals surface area (Å²) >= 11 is 0. The highest BCUT2D eigenvalue weighted by molar-refractivity contribution is 5.69. The second kappa shape index (κ2) is 37.8. The number of unbranched alkanes of at least 4 members (excludes halogenated alkanes) is 16. The van der Waals surface area contributed by atoms with E-state index in [4.69, 9.17) is 9.47 Å². The van der Waals surface area contributed by atoms with Gasteiger partial charge in [0.2, 0.25) is 0 Å². The molecule has 0 N–H and O–H groups in total. The Balaban J connectivity index is -0.000000791. The van der Waals surface area contributed by atoms with Gasteiger partial charge in [0.25, 0.3) is 0 Å². The van der Waals surface area contributed by atoms with Gasteiger partial charge in [0.05, 0.1) is 19.6 Å². The summed E-state index contributed by atoms with van der Waals surface area (Å²) in [5.74, 6) is -0.0613. The molecule has 0 amide bonds. The molecule has 0 radical (unpaired) electrons. The van der Waals surface area contributed by atoms with Crippen LogP contribution >= 0.6 is 0 Å². The highest BCUT2D eigenvalue weighted by Crippen LogP contribution is 2.12. The molecule has 1 heterocycles. The summed E-state index contributed by atoms with van der Waals surface area (Å²) in [7, 11) is 0. The highest BCUT2D eigenvalue weighted by Gasteiger charge is 2.20. The fraction of sp³-hybridized carbons (Fsp3) is 0.821. The molecular weight excluding hydrogens is 720 g/mol. The topological polar surface area (TPSA) is 56.5 Å². The number of halogens is 2. The molecule has 0 atom stereocenters. The summed E-state index contributed by atoms with van der Waals surface area (Å²) in [6.45, 7) is 17.2. The number of hydrogen-bond donors (Lipinski definition) is 0. The fourth-order valence-electron chi connectivity index (χ4n) is 5.65. The van der Waals surface area contributed by atoms with E-state index >= 15 is 0 Å². The molecule has 1 aromatic heterocycles. The minimum absolute atomic E-state index is 0. The molecule has 8 heteroatoms. The third kappa shape index (κ3) is 32.0. The average Bonchev–Trinajstić information content (AvgIpc) is 3.06. The predicted octanol–water partition coefficient (Wildman–Crippen LogP) is 3.77. The van der Waals surface area contributed by atoms with Crippen molar-refractivity contribution in [3.05, 3.63) is 30.6 Å². The van der Waals surface area contributed by atoms with Crippen molar-refractivity contribution in [2.24, 2.45) is 0 Å². The first-order valence-electron chi connectivity index (χ1n) is 19.1. The lowest BCUT2D eigenvalue weighted by Crippen LogP contribution is -3.00. The monoisotopic (exact) mass is 792 g/mol. The van der Waals surface area contributed by atoms with Crippen molar-refractivity contribution in [1.82, 2.24) is 0 Å². The maximum Gasteiger partial charge on any atom is 0.306 e. The Kier molecular flexibility index (Phi) is 40.5. The van der Waals surface area contributed by atoms with Gasteiger partial charge in [-0.1, -0.05) is 123 Å². The van der Waals surface area contributed by atoms with Crippen LogP contribution in [0.1, 0.15) is 163 Å². The molecule has 0 spiro atoms. The molecule has 47 heavy (non-hydrogen) atoms. The number of hydrogen-bond acceptors (Lipinski definition) is 4. The zero-order valence-corrected chi connectivity index (χ0v) is 34.4. The number of likely N-dealkylation sites (N-methyl/N-ethyl adjacent to an activating group) is 1. The van der Waals surface area contributed by atoms with Crippen LogP contribution in [0.25, 0.3) is 0 Å². The summed E-state index contributed by atoms with van der Waals surface area (Å²) in [4.78, 5) is 23.4. The zero-order chi connectivity index (χ0) is 33.3. The summed E-state index contributed by atoms with van der Waals surface area (Å²) in [6.07, 6.45) is 28.1. The lowest BCUT2D eigenvalue weighted by Gasteiger charge is -2.35. The highest BCUT2D eigenvalue weighted by atomic mass is 79.9. The largest absolute Gasteiger partial charge is 1.00 e. The smallest absolute Gasteiger partial charge is 0.306 e. The van der Waals surface area contributed by atoms with Crippen LogP contribution in [0.5, 0.6) is 0 Å². The van der Waals surface area contributed by atoms with E-state index in [-0.39, 0.29) is 45.9 Å². The molecule has 0 aliphatic rings. The normalized spacial score (nSPS) is 10.7. The lowest BCUT2D eigenvalue weighted by atomic mass is 10.1. The summed E-state index contributed by atoms with van der Waals surface area (Å²) in [5, 5.41) is 0. The summed E-state index contributed by atoms with van der Waals surface area (Å²) in [5.41, 5.74) is 0. The maximum atomic E-state index is 11.8. The van der Waals surface area contributed by atoms with E-state index in [2.05, 4.69) is 34.6 Å². The quantitative estimate of drug-likeness (QED) is 0.0537.